The summed E-state index contributed by atoms with van der Waals surface area (Å²) in [5, 5.41) is 2.62. The Morgan fingerprint density at radius 2 is 0.889 bits per heavy atom. The predicted molar refractivity (Wildman–Crippen MR) is 181 cm³/mol. The predicted octanol–water partition coefficient (Wildman–Crippen LogP) is 9.16. The van der Waals surface area contributed by atoms with E-state index in [2.05, 4.69) is 0 Å². The molecule has 6 nitrogen and oxygen atoms in total. The van der Waals surface area contributed by atoms with Crippen LogP contribution in [-0.2, 0) is 19.1 Å². The maximum Gasteiger partial charge on any atom is 0.248 e. The molecule has 0 N–H and O–H groups in total. The number of hydrogen-bond acceptors (Lipinski definition) is 4. The molecule has 0 bridgehead atoms. The molecule has 2 heterocycles. The summed E-state index contributed by atoms with van der Waals surface area (Å²) < 4.78 is 11.6. The van der Waals surface area contributed by atoms with Crippen molar-refractivity contribution in [2.24, 2.45) is 0 Å². The van der Waals surface area contributed by atoms with Crippen LogP contribution in [0.4, 0.5) is 0 Å². The highest BCUT2D eigenvalue weighted by Crippen LogP contribution is 2.41. The van der Waals surface area contributed by atoms with Crippen molar-refractivity contribution in [2.45, 2.75) is 31.7 Å². The Morgan fingerprint density at radius 3 is 1.22 bits per heavy atom. The Morgan fingerprint density at radius 1 is 0.533 bits per heavy atom. The van der Waals surface area contributed by atoms with E-state index in [1.54, 1.807) is 23.9 Å². The Labute approximate surface area is 284 Å². The van der Waals surface area contributed by atoms with Gasteiger partial charge in [0.15, 0.2) is 0 Å². The van der Waals surface area contributed by atoms with Crippen molar-refractivity contribution in [1.29, 1.82) is 0 Å². The van der Waals surface area contributed by atoms with Crippen molar-refractivity contribution in [3.8, 4) is 0 Å². The second-order valence-corrected chi connectivity index (χ2v) is 12.3. The minimum Gasteiger partial charge on any atom is -0.361 e. The lowest BCUT2D eigenvalue weighted by molar-refractivity contribution is -0.156. The third-order valence-electron chi connectivity index (χ3n) is 7.75. The van der Waals surface area contributed by atoms with Gasteiger partial charge in [-0.25, -0.2) is 0 Å². The standard InChI is InChI=1S/2C17H15Cl2NO2.CH4/c2*1-20-15(21)10-22-17(12-3-2-4-14(19)9-12)16(20)11-5-7-13(18)8-6-11;/h2*2-9,16-17H,10H2,1H3;1H4/t16-,17?;16-,17+;/m01./s1. The number of morpholine rings is 2. The SMILES string of the molecule is C.CN1C(=O)COC(c2cccc(Cl)c2)[C@@H]1c1ccc(Cl)cc1.CN1C(=O)CO[C@@H](c2cccc(Cl)c2)[C@H]1c1ccc(Cl)cc1. The van der Waals surface area contributed by atoms with Crippen molar-refractivity contribution in [1.82, 2.24) is 9.80 Å². The van der Waals surface area contributed by atoms with E-state index in [9.17, 15) is 9.59 Å². The first-order valence-electron chi connectivity index (χ1n) is 13.9. The summed E-state index contributed by atoms with van der Waals surface area (Å²) in [7, 11) is 3.59. The maximum atomic E-state index is 12.0. The van der Waals surface area contributed by atoms with Crippen molar-refractivity contribution in [3.05, 3.63) is 139 Å². The summed E-state index contributed by atoms with van der Waals surface area (Å²) in [6.45, 7) is 0.134. The summed E-state index contributed by atoms with van der Waals surface area (Å²) >= 11 is 24.1. The topological polar surface area (TPSA) is 59.1 Å². The van der Waals surface area contributed by atoms with E-state index in [-0.39, 0.29) is 56.7 Å². The van der Waals surface area contributed by atoms with Gasteiger partial charge in [-0.1, -0.05) is 102 Å². The molecule has 4 atom stereocenters. The van der Waals surface area contributed by atoms with Gasteiger partial charge >= 0.3 is 0 Å². The molecule has 10 heteroatoms. The second-order valence-electron chi connectivity index (χ2n) is 10.6. The van der Waals surface area contributed by atoms with E-state index >= 15 is 0 Å². The number of carbonyl (C=O) groups excluding carboxylic acids is 2. The molecule has 236 valence electrons. The Hall–Kier alpha value is -3.10. The lowest BCUT2D eigenvalue weighted by Crippen LogP contribution is -2.43. The van der Waals surface area contributed by atoms with Crippen molar-refractivity contribution in [3.63, 3.8) is 0 Å². The summed E-state index contributed by atoms with van der Waals surface area (Å²) in [5.41, 5.74) is 3.86. The van der Waals surface area contributed by atoms with E-state index in [1.165, 1.54) is 0 Å². The highest BCUT2D eigenvalue weighted by atomic mass is 35.5. The number of amides is 2. The highest BCUT2D eigenvalue weighted by molar-refractivity contribution is 6.31. The zero-order chi connectivity index (χ0) is 31.4. The zero-order valence-electron chi connectivity index (χ0n) is 24.0. The lowest BCUT2D eigenvalue weighted by Gasteiger charge is -2.39. The Kier molecular flexibility index (Phi) is 11.9. The highest BCUT2D eigenvalue weighted by Gasteiger charge is 2.37. The van der Waals surface area contributed by atoms with Crippen molar-refractivity contribution in [2.75, 3.05) is 27.3 Å². The quantitative estimate of drug-likeness (QED) is 0.215. The average molecular weight is 688 g/mol. The zero-order valence-corrected chi connectivity index (χ0v) is 27.0. The molecule has 0 spiro atoms. The van der Waals surface area contributed by atoms with Gasteiger partial charge in [-0.15, -0.1) is 0 Å². The van der Waals surface area contributed by atoms with Crippen LogP contribution in [0.15, 0.2) is 97.1 Å². The third-order valence-corrected chi connectivity index (χ3v) is 8.72. The Balaban J connectivity index is 0.000000200. The largest absolute Gasteiger partial charge is 0.361 e. The van der Waals surface area contributed by atoms with Gasteiger partial charge in [-0.3, -0.25) is 9.59 Å². The number of halogens is 4. The summed E-state index contributed by atoms with van der Waals surface area (Å²) in [6, 6.07) is 29.6. The fourth-order valence-electron chi connectivity index (χ4n) is 5.47. The van der Waals surface area contributed by atoms with Crippen LogP contribution in [0.2, 0.25) is 20.1 Å². The number of hydrogen-bond donors (Lipinski definition) is 0. The van der Waals surface area contributed by atoms with E-state index in [0.29, 0.717) is 20.1 Å². The molecule has 4 aromatic carbocycles. The number of rotatable bonds is 4. The monoisotopic (exact) mass is 686 g/mol. The molecular weight excluding hydrogens is 654 g/mol. The van der Waals surface area contributed by atoms with Crippen LogP contribution >= 0.6 is 46.4 Å². The van der Waals surface area contributed by atoms with Gasteiger partial charge in [-0.05, 0) is 70.8 Å². The molecule has 0 radical (unpaired) electrons. The lowest BCUT2D eigenvalue weighted by atomic mass is 9.93. The maximum absolute atomic E-state index is 12.0. The van der Waals surface area contributed by atoms with Gasteiger partial charge in [0.25, 0.3) is 0 Å². The molecule has 4 aromatic rings. The minimum absolute atomic E-state index is 0. The molecule has 2 amide bonds. The number of nitrogens with zero attached hydrogens (tertiary/aromatic N) is 2. The van der Waals surface area contributed by atoms with E-state index in [1.807, 2.05) is 97.1 Å². The number of carbonyl (C=O) groups is 2. The first-order valence-corrected chi connectivity index (χ1v) is 15.4. The fraction of sp³-hybridized carbons (Fsp3) is 0.257. The summed E-state index contributed by atoms with van der Waals surface area (Å²) in [6.07, 6.45) is -0.523. The van der Waals surface area contributed by atoms with E-state index in [4.69, 9.17) is 55.9 Å². The van der Waals surface area contributed by atoms with Crippen LogP contribution in [0.25, 0.3) is 0 Å². The summed E-state index contributed by atoms with van der Waals surface area (Å²) in [4.78, 5) is 27.5. The van der Waals surface area contributed by atoms with Crippen molar-refractivity contribution >= 4 is 58.2 Å². The van der Waals surface area contributed by atoms with Crippen LogP contribution in [0.3, 0.4) is 0 Å². The molecule has 0 saturated carbocycles. The average Bonchev–Trinajstić information content (AvgIpc) is 3.01. The number of ether oxygens (including phenoxy) is 2. The summed E-state index contributed by atoms with van der Waals surface area (Å²) in [5.74, 6) is -0.0866. The van der Waals surface area contributed by atoms with Crippen LogP contribution in [0.1, 0.15) is 54.0 Å². The van der Waals surface area contributed by atoms with Crippen LogP contribution in [0.5, 0.6) is 0 Å². The molecule has 1 unspecified atom stereocenters. The van der Waals surface area contributed by atoms with Gasteiger partial charge in [0.1, 0.15) is 25.4 Å². The Bertz CT molecular complexity index is 1500. The third kappa shape index (κ3) is 8.20. The van der Waals surface area contributed by atoms with Gasteiger partial charge in [0, 0.05) is 34.2 Å². The second kappa shape index (κ2) is 15.5. The minimum atomic E-state index is -0.262. The molecule has 0 aromatic heterocycles. The van der Waals surface area contributed by atoms with Crippen molar-refractivity contribution < 1.29 is 19.1 Å². The van der Waals surface area contributed by atoms with Crippen LogP contribution < -0.4 is 0 Å². The van der Waals surface area contributed by atoms with Gasteiger partial charge < -0.3 is 19.3 Å². The molecule has 6 rings (SSSR count). The smallest absolute Gasteiger partial charge is 0.248 e. The molecule has 2 saturated heterocycles. The first kappa shape index (κ1) is 34.8. The fourth-order valence-corrected chi connectivity index (χ4v) is 6.11. The number of likely N-dealkylation sites (N-methyl/N-ethyl adjacent to an activating group) is 2. The molecule has 0 aliphatic carbocycles. The van der Waals surface area contributed by atoms with E-state index < -0.39 is 0 Å². The van der Waals surface area contributed by atoms with Gasteiger partial charge in [0.05, 0.1) is 12.1 Å². The van der Waals surface area contributed by atoms with Gasteiger partial charge in [-0.2, -0.15) is 0 Å². The van der Waals surface area contributed by atoms with Crippen LogP contribution in [-0.4, -0.2) is 48.9 Å². The normalized spacial score (nSPS) is 21.5. The van der Waals surface area contributed by atoms with Crippen LogP contribution in [0, 0.1) is 0 Å². The number of benzene rings is 4. The molecule has 45 heavy (non-hydrogen) atoms. The molecule has 2 fully saturated rings. The molecule has 2 aliphatic rings. The van der Waals surface area contributed by atoms with E-state index in [0.717, 1.165) is 22.3 Å². The first-order chi connectivity index (χ1) is 21.1. The van der Waals surface area contributed by atoms with Gasteiger partial charge in [0.2, 0.25) is 11.8 Å². The molecule has 2 aliphatic heterocycles. The molecular formula is C35H34Cl4N2O4.